The van der Waals surface area contributed by atoms with Gasteiger partial charge in [0.25, 0.3) is 0 Å². The standard InChI is InChI=1S/C15H27NO2/c17-11-15(16-10-14-4-2-8-18-14)7-1-3-13(9-15)12-5-6-12/h12-14,16-17H,1-11H2. The van der Waals surface area contributed by atoms with Gasteiger partial charge in [0, 0.05) is 18.7 Å². The molecule has 3 aliphatic rings. The van der Waals surface area contributed by atoms with Crippen LogP contribution in [0.25, 0.3) is 0 Å². The van der Waals surface area contributed by atoms with Gasteiger partial charge in [0.1, 0.15) is 0 Å². The van der Waals surface area contributed by atoms with Crippen LogP contribution in [-0.2, 0) is 4.74 Å². The zero-order valence-electron chi connectivity index (χ0n) is 11.4. The summed E-state index contributed by atoms with van der Waals surface area (Å²) in [5.41, 5.74) is -0.00252. The number of hydrogen-bond acceptors (Lipinski definition) is 3. The molecular formula is C15H27NO2. The minimum absolute atomic E-state index is 0.00252. The summed E-state index contributed by atoms with van der Waals surface area (Å²) in [4.78, 5) is 0. The Morgan fingerprint density at radius 3 is 2.67 bits per heavy atom. The molecule has 3 rings (SSSR count). The number of ether oxygens (including phenoxy) is 1. The molecule has 3 fully saturated rings. The molecule has 3 heteroatoms. The molecule has 3 unspecified atom stereocenters. The normalized spacial score (nSPS) is 41.2. The number of rotatable bonds is 5. The van der Waals surface area contributed by atoms with Crippen molar-refractivity contribution in [2.75, 3.05) is 19.8 Å². The second-order valence-corrected chi connectivity index (χ2v) is 6.65. The predicted molar refractivity (Wildman–Crippen MR) is 71.5 cm³/mol. The molecule has 1 aliphatic heterocycles. The molecule has 0 bridgehead atoms. The first-order valence-electron chi connectivity index (χ1n) is 7.79. The van der Waals surface area contributed by atoms with Gasteiger partial charge in [-0.15, -0.1) is 0 Å². The summed E-state index contributed by atoms with van der Waals surface area (Å²) in [6, 6.07) is 0. The predicted octanol–water partition coefficient (Wildman–Crippen LogP) is 2.09. The first-order valence-corrected chi connectivity index (χ1v) is 7.79. The van der Waals surface area contributed by atoms with Crippen LogP contribution in [-0.4, -0.2) is 36.5 Å². The fourth-order valence-corrected chi connectivity index (χ4v) is 3.87. The maximum Gasteiger partial charge on any atom is 0.0700 e. The third-order valence-electron chi connectivity index (χ3n) is 5.20. The summed E-state index contributed by atoms with van der Waals surface area (Å²) in [6.07, 6.45) is 10.6. The number of nitrogens with one attached hydrogen (secondary N) is 1. The Hall–Kier alpha value is -0.120. The molecular weight excluding hydrogens is 226 g/mol. The van der Waals surface area contributed by atoms with Gasteiger partial charge >= 0.3 is 0 Å². The van der Waals surface area contributed by atoms with Crippen LogP contribution < -0.4 is 5.32 Å². The Labute approximate surface area is 110 Å². The minimum atomic E-state index is -0.00252. The zero-order valence-corrected chi connectivity index (χ0v) is 11.4. The second-order valence-electron chi connectivity index (χ2n) is 6.65. The number of aliphatic hydroxyl groups excluding tert-OH is 1. The molecule has 1 heterocycles. The average molecular weight is 253 g/mol. The van der Waals surface area contributed by atoms with Crippen molar-refractivity contribution in [2.24, 2.45) is 11.8 Å². The fraction of sp³-hybridized carbons (Fsp3) is 1.00. The third kappa shape index (κ3) is 2.89. The smallest absolute Gasteiger partial charge is 0.0700 e. The molecule has 2 N–H and O–H groups in total. The van der Waals surface area contributed by atoms with Crippen molar-refractivity contribution in [3.63, 3.8) is 0 Å². The average Bonchev–Trinajstić information content (AvgIpc) is 3.14. The highest BCUT2D eigenvalue weighted by molar-refractivity contribution is 4.97. The van der Waals surface area contributed by atoms with Gasteiger partial charge in [-0.1, -0.05) is 12.8 Å². The highest BCUT2D eigenvalue weighted by Crippen LogP contribution is 2.46. The van der Waals surface area contributed by atoms with E-state index in [1.165, 1.54) is 44.9 Å². The van der Waals surface area contributed by atoms with Crippen LogP contribution in [0.3, 0.4) is 0 Å². The van der Waals surface area contributed by atoms with Crippen LogP contribution >= 0.6 is 0 Å². The van der Waals surface area contributed by atoms with Gasteiger partial charge in [0.05, 0.1) is 12.7 Å². The van der Waals surface area contributed by atoms with Gasteiger partial charge in [-0.05, 0) is 50.4 Å². The van der Waals surface area contributed by atoms with Gasteiger partial charge in [0.15, 0.2) is 0 Å². The van der Waals surface area contributed by atoms with E-state index in [-0.39, 0.29) is 5.54 Å². The van der Waals surface area contributed by atoms with E-state index in [2.05, 4.69) is 5.32 Å². The van der Waals surface area contributed by atoms with E-state index in [0.717, 1.165) is 31.4 Å². The molecule has 2 saturated carbocycles. The van der Waals surface area contributed by atoms with Crippen LogP contribution in [0.1, 0.15) is 51.4 Å². The molecule has 0 aromatic rings. The molecule has 104 valence electrons. The van der Waals surface area contributed by atoms with Crippen molar-refractivity contribution in [2.45, 2.75) is 63.0 Å². The summed E-state index contributed by atoms with van der Waals surface area (Å²) < 4.78 is 5.68. The zero-order chi connectivity index (χ0) is 12.4. The minimum Gasteiger partial charge on any atom is -0.394 e. The lowest BCUT2D eigenvalue weighted by Crippen LogP contribution is -2.53. The largest absolute Gasteiger partial charge is 0.394 e. The van der Waals surface area contributed by atoms with Crippen LogP contribution in [0.4, 0.5) is 0 Å². The van der Waals surface area contributed by atoms with Gasteiger partial charge < -0.3 is 15.2 Å². The Balaban J connectivity index is 1.54. The summed E-state index contributed by atoms with van der Waals surface area (Å²) >= 11 is 0. The van der Waals surface area contributed by atoms with Crippen LogP contribution in [0, 0.1) is 11.8 Å². The first kappa shape index (κ1) is 12.9. The summed E-state index contributed by atoms with van der Waals surface area (Å²) in [5, 5.41) is 13.5. The Morgan fingerprint density at radius 2 is 2.00 bits per heavy atom. The maximum atomic E-state index is 9.83. The fourth-order valence-electron chi connectivity index (χ4n) is 3.87. The van der Waals surface area contributed by atoms with Crippen molar-refractivity contribution in [1.29, 1.82) is 0 Å². The van der Waals surface area contributed by atoms with Gasteiger partial charge in [-0.3, -0.25) is 0 Å². The van der Waals surface area contributed by atoms with Crippen LogP contribution in [0.2, 0.25) is 0 Å². The van der Waals surface area contributed by atoms with Gasteiger partial charge in [0.2, 0.25) is 0 Å². The van der Waals surface area contributed by atoms with E-state index in [1.54, 1.807) is 0 Å². The van der Waals surface area contributed by atoms with E-state index >= 15 is 0 Å². The molecule has 0 spiro atoms. The molecule has 3 atom stereocenters. The van der Waals surface area contributed by atoms with Crippen molar-refractivity contribution < 1.29 is 9.84 Å². The molecule has 0 aromatic carbocycles. The first-order chi connectivity index (χ1) is 8.81. The molecule has 18 heavy (non-hydrogen) atoms. The lowest BCUT2D eigenvalue weighted by Gasteiger charge is -2.41. The van der Waals surface area contributed by atoms with Crippen molar-refractivity contribution in [3.8, 4) is 0 Å². The van der Waals surface area contributed by atoms with Gasteiger partial charge in [-0.25, -0.2) is 0 Å². The van der Waals surface area contributed by atoms with Crippen LogP contribution in [0.15, 0.2) is 0 Å². The van der Waals surface area contributed by atoms with E-state index in [4.69, 9.17) is 4.74 Å². The molecule has 0 radical (unpaired) electrons. The molecule has 0 amide bonds. The molecule has 3 nitrogen and oxygen atoms in total. The van der Waals surface area contributed by atoms with E-state index in [1.807, 2.05) is 0 Å². The van der Waals surface area contributed by atoms with E-state index in [9.17, 15) is 5.11 Å². The molecule has 1 saturated heterocycles. The highest BCUT2D eigenvalue weighted by Gasteiger charge is 2.41. The quantitative estimate of drug-likeness (QED) is 0.788. The van der Waals surface area contributed by atoms with E-state index in [0.29, 0.717) is 12.7 Å². The second kappa shape index (κ2) is 5.48. The summed E-state index contributed by atoms with van der Waals surface area (Å²) in [7, 11) is 0. The molecule has 2 aliphatic carbocycles. The van der Waals surface area contributed by atoms with Crippen molar-refractivity contribution in [3.05, 3.63) is 0 Å². The lowest BCUT2D eigenvalue weighted by molar-refractivity contribution is 0.0592. The highest BCUT2D eigenvalue weighted by atomic mass is 16.5. The Bertz CT molecular complexity index is 274. The number of aliphatic hydroxyl groups is 1. The van der Waals surface area contributed by atoms with Gasteiger partial charge in [-0.2, -0.15) is 0 Å². The number of hydrogen-bond donors (Lipinski definition) is 2. The third-order valence-corrected chi connectivity index (χ3v) is 5.20. The lowest BCUT2D eigenvalue weighted by atomic mass is 9.74. The Kier molecular flexibility index (Phi) is 3.92. The Morgan fingerprint density at radius 1 is 1.11 bits per heavy atom. The van der Waals surface area contributed by atoms with E-state index < -0.39 is 0 Å². The van der Waals surface area contributed by atoms with Crippen LogP contribution in [0.5, 0.6) is 0 Å². The molecule has 0 aromatic heterocycles. The SMILES string of the molecule is OCC1(NCC2CCCO2)CCCC(C2CC2)C1. The van der Waals surface area contributed by atoms with Crippen molar-refractivity contribution in [1.82, 2.24) is 5.32 Å². The summed E-state index contributed by atoms with van der Waals surface area (Å²) in [5.74, 6) is 1.84. The maximum absolute atomic E-state index is 9.83. The monoisotopic (exact) mass is 253 g/mol. The summed E-state index contributed by atoms with van der Waals surface area (Å²) in [6.45, 7) is 2.14. The topological polar surface area (TPSA) is 41.5 Å². The van der Waals surface area contributed by atoms with Crippen molar-refractivity contribution >= 4 is 0 Å².